The number of imidazole rings is 1. The number of benzene rings is 1. The molecule has 0 spiro atoms. The van der Waals surface area contributed by atoms with Gasteiger partial charge < -0.3 is 0 Å². The maximum absolute atomic E-state index is 4.06. The third-order valence-electron chi connectivity index (χ3n) is 3.25. The van der Waals surface area contributed by atoms with Gasteiger partial charge in [0.15, 0.2) is 0 Å². The molecule has 5 nitrogen and oxygen atoms in total. The van der Waals surface area contributed by atoms with Crippen LogP contribution in [0.25, 0.3) is 11.0 Å². The molecule has 21 heavy (non-hydrogen) atoms. The van der Waals surface area contributed by atoms with Crippen molar-refractivity contribution >= 4 is 11.0 Å². The van der Waals surface area contributed by atoms with Gasteiger partial charge in [-0.2, -0.15) is 0 Å². The lowest BCUT2D eigenvalue weighted by Crippen LogP contribution is -2.23. The molecule has 0 unspecified atom stereocenters. The number of para-hydroxylation sites is 1. The number of nitrogens with zero attached hydrogens (tertiary/aromatic N) is 5. The van der Waals surface area contributed by atoms with Crippen LogP contribution < -0.4 is 4.57 Å². The smallest absolute Gasteiger partial charge is 0.242 e. The summed E-state index contributed by atoms with van der Waals surface area (Å²) in [4.78, 5) is 0. The first-order valence-electron chi connectivity index (χ1n) is 7.31. The molecule has 0 fully saturated rings. The van der Waals surface area contributed by atoms with Gasteiger partial charge >= 0.3 is 0 Å². The van der Waals surface area contributed by atoms with Crippen molar-refractivity contribution in [1.29, 1.82) is 0 Å². The van der Waals surface area contributed by atoms with E-state index < -0.39 is 0 Å². The number of aromatic nitrogens is 5. The summed E-state index contributed by atoms with van der Waals surface area (Å²) >= 11 is 0. The van der Waals surface area contributed by atoms with Crippen molar-refractivity contribution in [3.8, 4) is 0 Å². The van der Waals surface area contributed by atoms with Gasteiger partial charge in [0.25, 0.3) is 0 Å². The Morgan fingerprint density at radius 3 is 2.29 bits per heavy atom. The third kappa shape index (κ3) is 3.68. The summed E-state index contributed by atoms with van der Waals surface area (Å²) in [6.45, 7) is 8.53. The summed E-state index contributed by atoms with van der Waals surface area (Å²) in [5.41, 5.74) is 2.07. The molecule has 0 saturated carbocycles. The standard InChI is InChI=1S/C9H11N3.C7H13N2/c1-7(2)12-9-6-4-3-5-8(9)10-11-12;1-7(2)9-5-4-8(3)6-9/h3-7H,1-2H3;4-7H,1-3H3/q;+1. The normalized spacial score (nSPS) is 11.0. The van der Waals surface area contributed by atoms with Gasteiger partial charge in [-0.05, 0) is 39.8 Å². The molecule has 0 amide bonds. The quantitative estimate of drug-likeness (QED) is 0.680. The summed E-state index contributed by atoms with van der Waals surface area (Å²) in [6.07, 6.45) is 6.19. The summed E-state index contributed by atoms with van der Waals surface area (Å²) in [5, 5.41) is 8.11. The van der Waals surface area contributed by atoms with Crippen molar-refractivity contribution in [2.24, 2.45) is 7.05 Å². The Kier molecular flexibility index (Phi) is 4.73. The molecule has 0 atom stereocenters. The van der Waals surface area contributed by atoms with Crippen molar-refractivity contribution in [3.05, 3.63) is 43.0 Å². The van der Waals surface area contributed by atoms with Crippen LogP contribution in [0.2, 0.25) is 0 Å². The van der Waals surface area contributed by atoms with Crippen LogP contribution in [0.5, 0.6) is 0 Å². The van der Waals surface area contributed by atoms with Gasteiger partial charge in [-0.1, -0.05) is 17.3 Å². The molecule has 0 saturated heterocycles. The van der Waals surface area contributed by atoms with Crippen molar-refractivity contribution < 1.29 is 4.57 Å². The molecular formula is C16H24N5+. The topological polar surface area (TPSA) is 39.5 Å². The molecule has 0 radical (unpaired) electrons. The molecule has 112 valence electrons. The van der Waals surface area contributed by atoms with Crippen LogP contribution >= 0.6 is 0 Å². The van der Waals surface area contributed by atoms with Crippen molar-refractivity contribution in [2.45, 2.75) is 39.8 Å². The highest BCUT2D eigenvalue weighted by atomic mass is 15.4. The van der Waals surface area contributed by atoms with Gasteiger partial charge in [0, 0.05) is 6.04 Å². The van der Waals surface area contributed by atoms with Crippen molar-refractivity contribution in [3.63, 3.8) is 0 Å². The number of rotatable bonds is 2. The lowest BCUT2D eigenvalue weighted by atomic mass is 10.3. The minimum atomic E-state index is 0.373. The first kappa shape index (κ1) is 15.2. The van der Waals surface area contributed by atoms with Crippen LogP contribution in [0.3, 0.4) is 0 Å². The second kappa shape index (κ2) is 6.52. The summed E-state index contributed by atoms with van der Waals surface area (Å²) < 4.78 is 6.13. The highest BCUT2D eigenvalue weighted by Gasteiger charge is 2.04. The van der Waals surface area contributed by atoms with E-state index in [0.29, 0.717) is 12.1 Å². The monoisotopic (exact) mass is 286 g/mol. The van der Waals surface area contributed by atoms with Crippen LogP contribution in [0.1, 0.15) is 39.8 Å². The largest absolute Gasteiger partial charge is 0.243 e. The van der Waals surface area contributed by atoms with Gasteiger partial charge in [-0.25, -0.2) is 13.8 Å². The van der Waals surface area contributed by atoms with E-state index in [1.54, 1.807) is 0 Å². The molecular weight excluding hydrogens is 262 g/mol. The van der Waals surface area contributed by atoms with Crippen LogP contribution in [0.15, 0.2) is 43.0 Å². The summed E-state index contributed by atoms with van der Waals surface area (Å²) in [6, 6.07) is 8.94. The second-order valence-corrected chi connectivity index (χ2v) is 5.74. The lowest BCUT2D eigenvalue weighted by Gasteiger charge is -2.03. The fraction of sp³-hybridized carbons (Fsp3) is 0.438. The molecule has 0 bridgehead atoms. The van der Waals surface area contributed by atoms with E-state index in [0.717, 1.165) is 11.0 Å². The lowest BCUT2D eigenvalue weighted by molar-refractivity contribution is -0.671. The van der Waals surface area contributed by atoms with E-state index in [2.05, 4.69) is 55.1 Å². The Hall–Kier alpha value is -2.17. The zero-order valence-corrected chi connectivity index (χ0v) is 13.4. The average molecular weight is 286 g/mol. The fourth-order valence-corrected chi connectivity index (χ4v) is 2.04. The zero-order valence-electron chi connectivity index (χ0n) is 13.4. The van der Waals surface area contributed by atoms with E-state index in [4.69, 9.17) is 0 Å². The molecule has 0 aliphatic carbocycles. The number of aryl methyl sites for hydroxylation is 1. The molecule has 0 N–H and O–H groups in total. The van der Waals surface area contributed by atoms with Gasteiger partial charge in [-0.3, -0.25) is 0 Å². The van der Waals surface area contributed by atoms with Crippen molar-refractivity contribution in [1.82, 2.24) is 19.6 Å². The van der Waals surface area contributed by atoms with E-state index in [1.165, 1.54) is 0 Å². The fourth-order valence-electron chi connectivity index (χ4n) is 2.04. The van der Waals surface area contributed by atoms with Crippen molar-refractivity contribution in [2.75, 3.05) is 0 Å². The minimum absolute atomic E-state index is 0.373. The van der Waals surface area contributed by atoms with E-state index in [1.807, 2.05) is 46.8 Å². The van der Waals surface area contributed by atoms with Crippen LogP contribution in [-0.4, -0.2) is 19.6 Å². The van der Waals surface area contributed by atoms with E-state index in [-0.39, 0.29) is 0 Å². The first-order valence-corrected chi connectivity index (χ1v) is 7.31. The molecule has 3 rings (SSSR count). The summed E-state index contributed by atoms with van der Waals surface area (Å²) in [7, 11) is 2.03. The van der Waals surface area contributed by atoms with Crippen LogP contribution in [-0.2, 0) is 7.05 Å². The average Bonchev–Trinajstić information content (AvgIpc) is 3.05. The Bertz CT molecular complexity index is 693. The predicted octanol–water partition coefficient (Wildman–Crippen LogP) is 2.91. The Morgan fingerprint density at radius 2 is 1.76 bits per heavy atom. The molecule has 2 aromatic heterocycles. The van der Waals surface area contributed by atoms with Gasteiger partial charge in [0.1, 0.15) is 17.9 Å². The molecule has 0 aliphatic heterocycles. The highest BCUT2D eigenvalue weighted by molar-refractivity contribution is 5.73. The third-order valence-corrected chi connectivity index (χ3v) is 3.25. The van der Waals surface area contributed by atoms with Gasteiger partial charge in [-0.15, -0.1) is 5.10 Å². The maximum atomic E-state index is 4.06. The molecule has 2 heterocycles. The van der Waals surface area contributed by atoms with Crippen LogP contribution in [0, 0.1) is 0 Å². The molecule has 3 aromatic rings. The second-order valence-electron chi connectivity index (χ2n) is 5.74. The minimum Gasteiger partial charge on any atom is -0.242 e. The number of hydrogen-bond acceptors (Lipinski definition) is 2. The van der Waals surface area contributed by atoms with Crippen LogP contribution in [0.4, 0.5) is 0 Å². The number of fused-ring (bicyclic) bond motifs is 1. The SMILES string of the molecule is CC(C)n1cc[n+](C)c1.CC(C)n1nnc2ccccc21. The number of hydrogen-bond donors (Lipinski definition) is 0. The highest BCUT2D eigenvalue weighted by Crippen LogP contribution is 2.13. The molecule has 5 heteroatoms. The Labute approximate surface area is 125 Å². The van der Waals surface area contributed by atoms with E-state index in [9.17, 15) is 0 Å². The summed E-state index contributed by atoms with van der Waals surface area (Å²) in [5.74, 6) is 0. The predicted molar refractivity (Wildman–Crippen MR) is 83.9 cm³/mol. The first-order chi connectivity index (χ1) is 9.99. The molecule has 0 aliphatic rings. The zero-order chi connectivity index (χ0) is 15.4. The van der Waals surface area contributed by atoms with Gasteiger partial charge in [0.2, 0.25) is 6.33 Å². The van der Waals surface area contributed by atoms with E-state index >= 15 is 0 Å². The Morgan fingerprint density at radius 1 is 1.05 bits per heavy atom. The maximum Gasteiger partial charge on any atom is 0.243 e. The Balaban J connectivity index is 0.000000161. The van der Waals surface area contributed by atoms with Gasteiger partial charge in [0.05, 0.1) is 18.6 Å². The molecule has 1 aromatic carbocycles.